The van der Waals surface area contributed by atoms with E-state index in [0.29, 0.717) is 0 Å². The van der Waals surface area contributed by atoms with Gasteiger partial charge in [-0.15, -0.1) is 0 Å². The van der Waals surface area contributed by atoms with Gasteiger partial charge in [0.05, 0.1) is 18.0 Å². The van der Waals surface area contributed by atoms with Gasteiger partial charge in [-0.25, -0.2) is 0 Å². The van der Waals surface area contributed by atoms with Crippen molar-refractivity contribution in [2.75, 3.05) is 0 Å². The third kappa shape index (κ3) is 1.86. The van der Waals surface area contributed by atoms with Gasteiger partial charge in [-0.05, 0) is 18.9 Å². The second-order valence-corrected chi connectivity index (χ2v) is 4.47. The number of likely N-dealkylation sites (tertiary alicyclic amines) is 1. The van der Waals surface area contributed by atoms with Crippen LogP contribution in [-0.4, -0.2) is 23.1 Å². The predicted octanol–water partition coefficient (Wildman–Crippen LogP) is 2.18. The maximum absolute atomic E-state index is 11.9. The summed E-state index contributed by atoms with van der Waals surface area (Å²) in [4.78, 5) is 24.7. The van der Waals surface area contributed by atoms with Crippen molar-refractivity contribution in [2.24, 2.45) is 5.92 Å². The zero-order chi connectivity index (χ0) is 12.4. The average molecular weight is 231 g/mol. The highest BCUT2D eigenvalue weighted by Crippen LogP contribution is 2.36. The van der Waals surface area contributed by atoms with Crippen LogP contribution in [0.4, 0.5) is 0 Å². The van der Waals surface area contributed by atoms with Crippen LogP contribution in [0.25, 0.3) is 0 Å². The average Bonchev–Trinajstić information content (AvgIpc) is 2.37. The molecule has 90 valence electrons. The Bertz CT molecular complexity index is 415. The summed E-state index contributed by atoms with van der Waals surface area (Å²) >= 11 is 0. The molecule has 3 heteroatoms. The van der Waals surface area contributed by atoms with Crippen LogP contribution in [0, 0.1) is 5.92 Å². The number of hydrogen-bond acceptors (Lipinski definition) is 2. The van der Waals surface area contributed by atoms with Gasteiger partial charge in [0.1, 0.15) is 6.29 Å². The van der Waals surface area contributed by atoms with Gasteiger partial charge in [0.2, 0.25) is 5.91 Å². The molecule has 1 aromatic carbocycles. The number of aldehydes is 1. The molecular formula is C14H17NO2. The van der Waals surface area contributed by atoms with E-state index in [1.165, 1.54) is 0 Å². The number of rotatable bonds is 4. The van der Waals surface area contributed by atoms with E-state index in [1.807, 2.05) is 44.2 Å². The van der Waals surface area contributed by atoms with E-state index in [-0.39, 0.29) is 23.9 Å². The van der Waals surface area contributed by atoms with Gasteiger partial charge in [-0.2, -0.15) is 0 Å². The minimum Gasteiger partial charge on any atom is -0.325 e. The molecule has 1 aromatic rings. The van der Waals surface area contributed by atoms with Crippen LogP contribution in [0.3, 0.4) is 0 Å². The third-order valence-electron chi connectivity index (χ3n) is 3.58. The van der Waals surface area contributed by atoms with E-state index in [1.54, 1.807) is 4.90 Å². The van der Waals surface area contributed by atoms with Gasteiger partial charge < -0.3 is 9.69 Å². The van der Waals surface area contributed by atoms with Crippen LogP contribution in [0.2, 0.25) is 0 Å². The fourth-order valence-electron chi connectivity index (χ4n) is 2.51. The van der Waals surface area contributed by atoms with Gasteiger partial charge in [-0.3, -0.25) is 4.79 Å². The fourth-order valence-corrected chi connectivity index (χ4v) is 2.51. The van der Waals surface area contributed by atoms with Crippen molar-refractivity contribution < 1.29 is 9.59 Å². The fraction of sp³-hybridized carbons (Fsp3) is 0.429. The van der Waals surface area contributed by atoms with Gasteiger partial charge in [0.25, 0.3) is 0 Å². The smallest absolute Gasteiger partial charge is 0.229 e. The Labute approximate surface area is 101 Å². The maximum atomic E-state index is 11.9. The molecule has 1 fully saturated rings. The monoisotopic (exact) mass is 231 g/mol. The second-order valence-electron chi connectivity index (χ2n) is 4.47. The van der Waals surface area contributed by atoms with E-state index in [9.17, 15) is 9.59 Å². The Kier molecular flexibility index (Phi) is 3.27. The molecule has 0 radical (unpaired) electrons. The zero-order valence-corrected chi connectivity index (χ0v) is 10.2. The van der Waals surface area contributed by atoms with Gasteiger partial charge in [0, 0.05) is 0 Å². The first-order valence-corrected chi connectivity index (χ1v) is 6.03. The Morgan fingerprint density at radius 1 is 1.35 bits per heavy atom. The molecule has 1 saturated heterocycles. The molecule has 17 heavy (non-hydrogen) atoms. The Hall–Kier alpha value is -1.64. The van der Waals surface area contributed by atoms with Crippen molar-refractivity contribution in [1.82, 2.24) is 4.90 Å². The van der Waals surface area contributed by atoms with Crippen LogP contribution in [-0.2, 0) is 9.59 Å². The molecule has 3 nitrogen and oxygen atoms in total. The summed E-state index contributed by atoms with van der Waals surface area (Å²) in [6.45, 7) is 3.92. The predicted molar refractivity (Wildman–Crippen MR) is 65.3 cm³/mol. The number of β-lactam (4-membered cyclic amide) rings is 1. The summed E-state index contributed by atoms with van der Waals surface area (Å²) < 4.78 is 0. The van der Waals surface area contributed by atoms with Crippen molar-refractivity contribution in [1.29, 1.82) is 0 Å². The van der Waals surface area contributed by atoms with Crippen molar-refractivity contribution >= 4 is 12.2 Å². The summed E-state index contributed by atoms with van der Waals surface area (Å²) in [7, 11) is 0. The molecule has 0 aliphatic carbocycles. The Balaban J connectivity index is 2.18. The highest BCUT2D eigenvalue weighted by atomic mass is 16.2. The molecule has 0 bridgehead atoms. The molecule has 0 saturated carbocycles. The second kappa shape index (κ2) is 4.70. The molecule has 1 heterocycles. The van der Waals surface area contributed by atoms with Crippen molar-refractivity contribution in [3.8, 4) is 0 Å². The number of carbonyl (C=O) groups excluding carboxylic acids is 2. The van der Waals surface area contributed by atoms with Gasteiger partial charge in [0.15, 0.2) is 0 Å². The highest BCUT2D eigenvalue weighted by molar-refractivity contribution is 5.93. The van der Waals surface area contributed by atoms with Crippen LogP contribution >= 0.6 is 0 Å². The van der Waals surface area contributed by atoms with Crippen molar-refractivity contribution in [3.63, 3.8) is 0 Å². The summed E-state index contributed by atoms with van der Waals surface area (Å²) in [5.41, 5.74) is 1.07. The summed E-state index contributed by atoms with van der Waals surface area (Å²) in [5.74, 6) is -0.0142. The molecule has 0 unspecified atom stereocenters. The van der Waals surface area contributed by atoms with E-state index in [0.717, 1.165) is 18.3 Å². The summed E-state index contributed by atoms with van der Waals surface area (Å²) in [6.07, 6.45) is 1.63. The first kappa shape index (κ1) is 11.8. The molecule has 1 aliphatic heterocycles. The van der Waals surface area contributed by atoms with Crippen molar-refractivity contribution in [3.05, 3.63) is 35.9 Å². The van der Waals surface area contributed by atoms with E-state index in [4.69, 9.17) is 0 Å². The SMILES string of the molecule is CC[C@H]1C(=O)N([C@@H](C)c2ccccc2)[C@@H]1C=O. The Morgan fingerprint density at radius 3 is 2.53 bits per heavy atom. The molecule has 0 N–H and O–H groups in total. The standard InChI is InChI=1S/C14H17NO2/c1-3-12-13(9-16)15(14(12)17)10(2)11-7-5-4-6-8-11/h4-10,12-13H,3H2,1-2H3/t10-,12+,13+/m0/s1. The number of nitrogens with zero attached hydrogens (tertiary/aromatic N) is 1. The molecule has 1 aliphatic rings. The molecule has 0 spiro atoms. The topological polar surface area (TPSA) is 37.4 Å². The quantitative estimate of drug-likeness (QED) is 0.588. The lowest BCUT2D eigenvalue weighted by Gasteiger charge is -2.47. The number of carbonyl (C=O) groups is 2. The number of amides is 1. The minimum absolute atomic E-state index is 0.0262. The lowest BCUT2D eigenvalue weighted by molar-refractivity contribution is -0.163. The van der Waals surface area contributed by atoms with Gasteiger partial charge >= 0.3 is 0 Å². The first-order valence-electron chi connectivity index (χ1n) is 6.03. The van der Waals surface area contributed by atoms with E-state index >= 15 is 0 Å². The lowest BCUT2D eigenvalue weighted by atomic mass is 9.83. The summed E-state index contributed by atoms with van der Waals surface area (Å²) in [6, 6.07) is 9.54. The lowest BCUT2D eigenvalue weighted by Crippen LogP contribution is -2.61. The molecular weight excluding hydrogens is 214 g/mol. The number of hydrogen-bond donors (Lipinski definition) is 0. The number of benzene rings is 1. The van der Waals surface area contributed by atoms with Crippen LogP contribution in [0.5, 0.6) is 0 Å². The third-order valence-corrected chi connectivity index (χ3v) is 3.58. The maximum Gasteiger partial charge on any atom is 0.229 e. The molecule has 1 amide bonds. The molecule has 3 atom stereocenters. The highest BCUT2D eigenvalue weighted by Gasteiger charge is 2.48. The van der Waals surface area contributed by atoms with E-state index < -0.39 is 0 Å². The van der Waals surface area contributed by atoms with Gasteiger partial charge in [-0.1, -0.05) is 37.3 Å². The van der Waals surface area contributed by atoms with Crippen LogP contribution < -0.4 is 0 Å². The van der Waals surface area contributed by atoms with E-state index in [2.05, 4.69) is 0 Å². The Morgan fingerprint density at radius 2 is 2.00 bits per heavy atom. The van der Waals surface area contributed by atoms with Crippen LogP contribution in [0.1, 0.15) is 31.9 Å². The summed E-state index contributed by atoms with van der Waals surface area (Å²) in [5, 5.41) is 0. The largest absolute Gasteiger partial charge is 0.325 e. The first-order chi connectivity index (χ1) is 8.20. The normalized spacial score (nSPS) is 25.3. The zero-order valence-electron chi connectivity index (χ0n) is 10.2. The van der Waals surface area contributed by atoms with Crippen molar-refractivity contribution in [2.45, 2.75) is 32.4 Å². The minimum atomic E-state index is -0.247. The van der Waals surface area contributed by atoms with Crippen LogP contribution in [0.15, 0.2) is 30.3 Å². The molecule has 0 aromatic heterocycles. The molecule has 2 rings (SSSR count).